The van der Waals surface area contributed by atoms with Gasteiger partial charge in [0.2, 0.25) is 0 Å². The van der Waals surface area contributed by atoms with E-state index in [4.69, 9.17) is 11.6 Å². The van der Waals surface area contributed by atoms with E-state index in [-0.39, 0.29) is 5.41 Å². The topological polar surface area (TPSA) is 0 Å². The Morgan fingerprint density at radius 1 is 0.870 bits per heavy atom. The summed E-state index contributed by atoms with van der Waals surface area (Å²) in [6.07, 6.45) is 7.25. The molecule has 3 bridgehead atoms. The zero-order valence-electron chi connectivity index (χ0n) is 13.3. The van der Waals surface area contributed by atoms with Crippen LogP contribution in [0.15, 0.2) is 42.5 Å². The standard InChI is InChI=1S/C22H21Cl/c23-16-7-8-18-17-3-1-2-4-19(17)22(21(18)12-16)15-6-5-14-9-13(10-15)11-20(14)22/h1-4,7-8,12-15,20H,5-6,9-11H2. The molecule has 6 rings (SSSR count). The van der Waals surface area contributed by atoms with Crippen LogP contribution in [0.3, 0.4) is 0 Å². The van der Waals surface area contributed by atoms with Gasteiger partial charge in [-0.15, -0.1) is 0 Å². The molecule has 4 aliphatic rings. The average molecular weight is 321 g/mol. The average Bonchev–Trinajstić information content (AvgIpc) is 2.95. The maximum Gasteiger partial charge on any atom is 0.0409 e. The fourth-order valence-electron chi connectivity index (χ4n) is 7.12. The van der Waals surface area contributed by atoms with Crippen molar-refractivity contribution in [2.75, 3.05) is 0 Å². The molecule has 2 aromatic carbocycles. The Labute approximate surface area is 142 Å². The quantitative estimate of drug-likeness (QED) is 0.553. The summed E-state index contributed by atoms with van der Waals surface area (Å²) in [5, 5.41) is 0.909. The SMILES string of the molecule is Clc1ccc2c(c1)C1(c3ccccc3-2)C2CCC3CC(C2)CC31. The van der Waals surface area contributed by atoms with Crippen molar-refractivity contribution in [3.63, 3.8) is 0 Å². The summed E-state index contributed by atoms with van der Waals surface area (Å²) >= 11 is 6.47. The lowest BCUT2D eigenvalue weighted by Crippen LogP contribution is -2.48. The Morgan fingerprint density at radius 2 is 1.74 bits per heavy atom. The van der Waals surface area contributed by atoms with E-state index in [1.165, 1.54) is 43.2 Å². The lowest BCUT2D eigenvalue weighted by molar-refractivity contribution is 0.0768. The van der Waals surface area contributed by atoms with E-state index < -0.39 is 0 Å². The molecule has 0 heterocycles. The highest BCUT2D eigenvalue weighted by molar-refractivity contribution is 6.30. The summed E-state index contributed by atoms with van der Waals surface area (Å²) < 4.78 is 0. The van der Waals surface area contributed by atoms with Gasteiger partial charge in [-0.2, -0.15) is 0 Å². The molecule has 0 aromatic heterocycles. The molecule has 4 aliphatic carbocycles. The van der Waals surface area contributed by atoms with Gasteiger partial charge in [-0.05, 0) is 90.2 Å². The summed E-state index contributed by atoms with van der Waals surface area (Å²) in [6, 6.07) is 15.9. The Kier molecular flexibility index (Phi) is 2.40. The van der Waals surface area contributed by atoms with Crippen LogP contribution in [0, 0.1) is 23.7 Å². The molecule has 5 atom stereocenters. The van der Waals surface area contributed by atoms with E-state index >= 15 is 0 Å². The van der Waals surface area contributed by atoms with Crippen molar-refractivity contribution in [3.8, 4) is 11.1 Å². The van der Waals surface area contributed by atoms with Crippen LogP contribution in [0.4, 0.5) is 0 Å². The lowest BCUT2D eigenvalue weighted by Gasteiger charge is -2.52. The van der Waals surface area contributed by atoms with Crippen molar-refractivity contribution < 1.29 is 0 Å². The minimum atomic E-state index is 0.271. The molecule has 0 N–H and O–H groups in total. The molecule has 0 aliphatic heterocycles. The number of halogens is 1. The van der Waals surface area contributed by atoms with E-state index in [1.807, 2.05) is 0 Å². The number of hydrogen-bond donors (Lipinski definition) is 0. The molecule has 0 nitrogen and oxygen atoms in total. The molecule has 5 unspecified atom stereocenters. The van der Waals surface area contributed by atoms with E-state index in [2.05, 4.69) is 42.5 Å². The Balaban J connectivity index is 1.72. The van der Waals surface area contributed by atoms with Crippen LogP contribution < -0.4 is 0 Å². The second-order valence-electron chi connectivity index (χ2n) is 8.32. The first-order valence-electron chi connectivity index (χ1n) is 9.18. The van der Waals surface area contributed by atoms with E-state index in [0.29, 0.717) is 0 Å². The van der Waals surface area contributed by atoms with Gasteiger partial charge in [-0.3, -0.25) is 0 Å². The second-order valence-corrected chi connectivity index (χ2v) is 8.75. The van der Waals surface area contributed by atoms with Crippen molar-refractivity contribution in [1.29, 1.82) is 0 Å². The Hall–Kier alpha value is -1.27. The molecule has 0 saturated heterocycles. The molecule has 3 fully saturated rings. The molecule has 23 heavy (non-hydrogen) atoms. The molecule has 0 radical (unpaired) electrons. The van der Waals surface area contributed by atoms with Gasteiger partial charge in [-0.1, -0.05) is 41.9 Å². The summed E-state index contributed by atoms with van der Waals surface area (Å²) in [7, 11) is 0. The highest BCUT2D eigenvalue weighted by Crippen LogP contribution is 2.70. The smallest absolute Gasteiger partial charge is 0.0409 e. The van der Waals surface area contributed by atoms with Gasteiger partial charge in [0.15, 0.2) is 0 Å². The van der Waals surface area contributed by atoms with Crippen molar-refractivity contribution in [2.45, 2.75) is 37.5 Å². The normalized spacial score (nSPS) is 38.8. The van der Waals surface area contributed by atoms with Crippen molar-refractivity contribution in [1.82, 2.24) is 0 Å². The monoisotopic (exact) mass is 320 g/mol. The summed E-state index contributed by atoms with van der Waals surface area (Å²) in [5.41, 5.74) is 6.40. The highest BCUT2D eigenvalue weighted by atomic mass is 35.5. The van der Waals surface area contributed by atoms with Crippen LogP contribution in [0.2, 0.25) is 5.02 Å². The maximum absolute atomic E-state index is 6.47. The second kappa shape index (κ2) is 4.22. The number of rotatable bonds is 0. The Bertz CT molecular complexity index is 822. The lowest BCUT2D eigenvalue weighted by atomic mass is 9.51. The van der Waals surface area contributed by atoms with E-state index in [0.717, 1.165) is 28.7 Å². The predicted octanol–water partition coefficient (Wildman–Crippen LogP) is 6.06. The van der Waals surface area contributed by atoms with Crippen LogP contribution in [0.5, 0.6) is 0 Å². The molecule has 116 valence electrons. The van der Waals surface area contributed by atoms with Gasteiger partial charge in [0, 0.05) is 10.4 Å². The molecule has 1 heteroatoms. The molecule has 1 spiro atoms. The molecule has 2 aromatic rings. The van der Waals surface area contributed by atoms with Gasteiger partial charge < -0.3 is 0 Å². The van der Waals surface area contributed by atoms with E-state index in [9.17, 15) is 0 Å². The first-order valence-corrected chi connectivity index (χ1v) is 9.56. The maximum atomic E-state index is 6.47. The van der Waals surface area contributed by atoms with Gasteiger partial charge in [0.1, 0.15) is 0 Å². The van der Waals surface area contributed by atoms with Gasteiger partial charge in [-0.25, -0.2) is 0 Å². The summed E-state index contributed by atoms with van der Waals surface area (Å²) in [4.78, 5) is 0. The van der Waals surface area contributed by atoms with E-state index in [1.54, 1.807) is 11.1 Å². The number of fused-ring (bicyclic) bond motifs is 4. The highest BCUT2D eigenvalue weighted by Gasteiger charge is 2.62. The summed E-state index contributed by atoms with van der Waals surface area (Å²) in [5.74, 6) is 3.61. The first kappa shape index (κ1) is 13.1. The van der Waals surface area contributed by atoms with Gasteiger partial charge in [0.05, 0.1) is 0 Å². The zero-order chi connectivity index (χ0) is 15.2. The minimum absolute atomic E-state index is 0.271. The van der Waals surface area contributed by atoms with Crippen molar-refractivity contribution >= 4 is 11.6 Å². The first-order chi connectivity index (χ1) is 11.3. The summed E-state index contributed by atoms with van der Waals surface area (Å²) in [6.45, 7) is 0. The number of hydrogen-bond acceptors (Lipinski definition) is 0. The van der Waals surface area contributed by atoms with Gasteiger partial charge >= 0.3 is 0 Å². The predicted molar refractivity (Wildman–Crippen MR) is 94.7 cm³/mol. The third kappa shape index (κ3) is 1.41. The zero-order valence-corrected chi connectivity index (χ0v) is 14.0. The van der Waals surface area contributed by atoms with Gasteiger partial charge in [0.25, 0.3) is 0 Å². The van der Waals surface area contributed by atoms with Crippen LogP contribution in [0.25, 0.3) is 11.1 Å². The molecule has 0 amide bonds. The third-order valence-electron chi connectivity index (χ3n) is 7.62. The van der Waals surface area contributed by atoms with Crippen molar-refractivity contribution in [3.05, 3.63) is 58.6 Å². The third-order valence-corrected chi connectivity index (χ3v) is 7.85. The largest absolute Gasteiger partial charge is 0.0843 e. The molecule has 3 saturated carbocycles. The van der Waals surface area contributed by atoms with Crippen molar-refractivity contribution in [2.24, 2.45) is 23.7 Å². The number of benzene rings is 2. The van der Waals surface area contributed by atoms with Crippen LogP contribution in [0.1, 0.15) is 43.2 Å². The Morgan fingerprint density at radius 3 is 2.70 bits per heavy atom. The minimum Gasteiger partial charge on any atom is -0.0843 e. The van der Waals surface area contributed by atoms with Crippen LogP contribution in [-0.4, -0.2) is 0 Å². The van der Waals surface area contributed by atoms with Crippen LogP contribution in [-0.2, 0) is 5.41 Å². The molecular weight excluding hydrogens is 300 g/mol. The molecular formula is C22H21Cl. The fraction of sp³-hybridized carbons (Fsp3) is 0.455. The van der Waals surface area contributed by atoms with Crippen LogP contribution >= 0.6 is 11.6 Å². The fourth-order valence-corrected chi connectivity index (χ4v) is 7.29.